The van der Waals surface area contributed by atoms with Gasteiger partial charge in [-0.25, -0.2) is 4.98 Å². The van der Waals surface area contributed by atoms with Crippen molar-refractivity contribution in [2.24, 2.45) is 0 Å². The summed E-state index contributed by atoms with van der Waals surface area (Å²) in [6.07, 6.45) is 0. The van der Waals surface area contributed by atoms with Crippen molar-refractivity contribution in [2.75, 3.05) is 12.4 Å². The summed E-state index contributed by atoms with van der Waals surface area (Å²) in [6, 6.07) is 13.0. The topological polar surface area (TPSA) is 51.2 Å². The lowest BCUT2D eigenvalue weighted by molar-refractivity contribution is 0.102. The molecule has 1 heterocycles. The first kappa shape index (κ1) is 17.0. The van der Waals surface area contributed by atoms with Crippen LogP contribution in [0.4, 0.5) is 5.13 Å². The number of amides is 1. The van der Waals surface area contributed by atoms with Gasteiger partial charge in [0, 0.05) is 20.3 Å². The molecule has 0 radical (unpaired) electrons. The summed E-state index contributed by atoms with van der Waals surface area (Å²) in [5.41, 5.74) is 2.26. The van der Waals surface area contributed by atoms with Crippen LogP contribution in [-0.4, -0.2) is 18.0 Å². The normalized spacial score (nSPS) is 10.5. The summed E-state index contributed by atoms with van der Waals surface area (Å²) in [6.45, 7) is 0. The van der Waals surface area contributed by atoms with Crippen molar-refractivity contribution in [3.05, 3.63) is 57.9 Å². The maximum atomic E-state index is 12.4. The van der Waals surface area contributed by atoms with Gasteiger partial charge in [0.05, 0.1) is 18.4 Å². The number of nitrogens with zero attached hydrogens (tertiary/aromatic N) is 1. The number of hydrogen-bond donors (Lipinski definition) is 2. The Bertz CT molecular complexity index is 879. The molecule has 122 valence electrons. The monoisotopic (exact) mass is 420 g/mol. The van der Waals surface area contributed by atoms with Crippen LogP contribution < -0.4 is 10.1 Å². The number of benzene rings is 2. The maximum Gasteiger partial charge on any atom is 0.258 e. The van der Waals surface area contributed by atoms with Crippen LogP contribution in [-0.2, 0) is 0 Å². The molecule has 0 aliphatic carbocycles. The number of methoxy groups -OCH3 is 1. The van der Waals surface area contributed by atoms with E-state index in [-0.39, 0.29) is 5.91 Å². The highest BCUT2D eigenvalue weighted by Crippen LogP contribution is 2.27. The zero-order valence-corrected chi connectivity index (χ0v) is 15.9. The van der Waals surface area contributed by atoms with E-state index in [1.807, 2.05) is 35.7 Å². The summed E-state index contributed by atoms with van der Waals surface area (Å²) >= 11 is 9.06. The highest BCUT2D eigenvalue weighted by molar-refractivity contribution is 9.10. The predicted molar refractivity (Wildman–Crippen MR) is 103 cm³/mol. The predicted octanol–water partition coefficient (Wildman–Crippen LogP) is 5.12. The zero-order valence-electron chi connectivity index (χ0n) is 12.6. The Labute approximate surface area is 157 Å². The molecule has 3 rings (SSSR count). The Kier molecular flexibility index (Phi) is 5.23. The molecular formula is C17H13BrN2O2S2. The molecule has 0 bridgehead atoms. The quantitative estimate of drug-likeness (QED) is 0.575. The lowest BCUT2D eigenvalue weighted by atomic mass is 10.2. The molecule has 1 amide bonds. The van der Waals surface area contributed by atoms with Crippen molar-refractivity contribution in [1.82, 2.24) is 4.98 Å². The number of rotatable bonds is 4. The molecule has 0 atom stereocenters. The second-order valence-corrected chi connectivity index (χ2v) is 7.14. The Balaban J connectivity index is 1.78. The van der Waals surface area contributed by atoms with Gasteiger partial charge in [-0.3, -0.25) is 10.1 Å². The molecular weight excluding hydrogens is 408 g/mol. The smallest absolute Gasteiger partial charge is 0.258 e. The van der Waals surface area contributed by atoms with E-state index in [1.165, 1.54) is 11.3 Å². The van der Waals surface area contributed by atoms with Crippen molar-refractivity contribution < 1.29 is 9.53 Å². The van der Waals surface area contributed by atoms with E-state index in [0.29, 0.717) is 15.6 Å². The van der Waals surface area contributed by atoms with Crippen LogP contribution in [0.15, 0.2) is 57.2 Å². The minimum absolute atomic E-state index is 0.239. The molecule has 0 saturated heterocycles. The summed E-state index contributed by atoms with van der Waals surface area (Å²) < 4.78 is 5.97. The Morgan fingerprint density at radius 3 is 2.71 bits per heavy atom. The van der Waals surface area contributed by atoms with Crippen molar-refractivity contribution in [3.63, 3.8) is 0 Å². The average Bonchev–Trinajstić information content (AvgIpc) is 3.05. The number of halogens is 1. The highest BCUT2D eigenvalue weighted by Gasteiger charge is 2.13. The van der Waals surface area contributed by atoms with Gasteiger partial charge in [-0.2, -0.15) is 0 Å². The number of aromatic nitrogens is 1. The van der Waals surface area contributed by atoms with Gasteiger partial charge in [-0.05, 0) is 42.5 Å². The number of thiol groups is 1. The van der Waals surface area contributed by atoms with E-state index in [4.69, 9.17) is 4.74 Å². The van der Waals surface area contributed by atoms with Crippen LogP contribution in [0.1, 0.15) is 10.4 Å². The van der Waals surface area contributed by atoms with Crippen LogP contribution in [0.2, 0.25) is 0 Å². The lowest BCUT2D eigenvalue weighted by Crippen LogP contribution is -2.12. The SMILES string of the molecule is COc1ccc(-c2csc(NC(=O)c3cc(Br)ccc3S)n2)cc1. The van der Waals surface area contributed by atoms with Crippen molar-refractivity contribution in [1.29, 1.82) is 0 Å². The van der Waals surface area contributed by atoms with Gasteiger partial charge < -0.3 is 4.74 Å². The molecule has 0 aliphatic rings. The molecule has 0 unspecified atom stereocenters. The van der Waals surface area contributed by atoms with Crippen molar-refractivity contribution in [2.45, 2.75) is 4.90 Å². The molecule has 1 N–H and O–H groups in total. The molecule has 0 fully saturated rings. The Hall–Kier alpha value is -1.83. The van der Waals surface area contributed by atoms with E-state index in [1.54, 1.807) is 19.2 Å². The van der Waals surface area contributed by atoms with E-state index in [0.717, 1.165) is 21.5 Å². The fraction of sp³-hybridized carbons (Fsp3) is 0.0588. The summed E-state index contributed by atoms with van der Waals surface area (Å²) in [5, 5.41) is 5.26. The molecule has 4 nitrogen and oxygen atoms in total. The lowest BCUT2D eigenvalue weighted by Gasteiger charge is -2.05. The van der Waals surface area contributed by atoms with Crippen LogP contribution in [0.3, 0.4) is 0 Å². The second-order valence-electron chi connectivity index (χ2n) is 4.88. The van der Waals surface area contributed by atoms with E-state index < -0.39 is 0 Å². The number of ether oxygens (including phenoxy) is 1. The molecule has 3 aromatic rings. The number of nitrogens with one attached hydrogen (secondary N) is 1. The molecule has 1 aromatic heterocycles. The van der Waals surface area contributed by atoms with Crippen LogP contribution >= 0.6 is 39.9 Å². The number of thiazole rings is 1. The van der Waals surface area contributed by atoms with Gasteiger partial charge in [0.2, 0.25) is 0 Å². The van der Waals surface area contributed by atoms with Crippen LogP contribution in [0, 0.1) is 0 Å². The minimum Gasteiger partial charge on any atom is -0.497 e. The summed E-state index contributed by atoms with van der Waals surface area (Å²) in [5.74, 6) is 0.551. The first-order chi connectivity index (χ1) is 11.6. The molecule has 2 aromatic carbocycles. The number of carbonyl (C=O) groups is 1. The fourth-order valence-electron chi connectivity index (χ4n) is 2.08. The van der Waals surface area contributed by atoms with Gasteiger partial charge in [-0.15, -0.1) is 24.0 Å². The van der Waals surface area contributed by atoms with Crippen molar-refractivity contribution in [3.8, 4) is 17.0 Å². The first-order valence-corrected chi connectivity index (χ1v) is 9.08. The molecule has 24 heavy (non-hydrogen) atoms. The number of hydrogen-bond acceptors (Lipinski definition) is 5. The fourth-order valence-corrected chi connectivity index (χ4v) is 3.40. The van der Waals surface area contributed by atoms with Gasteiger partial charge in [-0.1, -0.05) is 15.9 Å². The van der Waals surface area contributed by atoms with Gasteiger partial charge in [0.1, 0.15) is 5.75 Å². The Morgan fingerprint density at radius 1 is 1.25 bits per heavy atom. The summed E-state index contributed by atoms with van der Waals surface area (Å²) in [4.78, 5) is 17.5. The van der Waals surface area contributed by atoms with E-state index in [9.17, 15) is 4.79 Å². The standard InChI is InChI=1S/C17H13BrN2O2S2/c1-22-12-5-2-10(3-6-12)14-9-24-17(19-14)20-16(21)13-8-11(18)4-7-15(13)23/h2-9,23H,1H3,(H,19,20,21). The van der Waals surface area contributed by atoms with E-state index in [2.05, 4.69) is 38.9 Å². The highest BCUT2D eigenvalue weighted by atomic mass is 79.9. The molecule has 0 saturated carbocycles. The maximum absolute atomic E-state index is 12.4. The number of anilines is 1. The largest absolute Gasteiger partial charge is 0.497 e. The first-order valence-electron chi connectivity index (χ1n) is 6.96. The second kappa shape index (κ2) is 7.38. The summed E-state index contributed by atoms with van der Waals surface area (Å²) in [7, 11) is 1.63. The molecule has 7 heteroatoms. The Morgan fingerprint density at radius 2 is 2.00 bits per heavy atom. The van der Waals surface area contributed by atoms with Crippen LogP contribution in [0.25, 0.3) is 11.3 Å². The van der Waals surface area contributed by atoms with Crippen LogP contribution in [0.5, 0.6) is 5.75 Å². The third kappa shape index (κ3) is 3.80. The van der Waals surface area contributed by atoms with Crippen molar-refractivity contribution >= 4 is 50.9 Å². The van der Waals surface area contributed by atoms with Gasteiger partial charge in [0.25, 0.3) is 5.91 Å². The van der Waals surface area contributed by atoms with Gasteiger partial charge in [0.15, 0.2) is 5.13 Å². The molecule has 0 aliphatic heterocycles. The molecule has 0 spiro atoms. The minimum atomic E-state index is -0.239. The average molecular weight is 421 g/mol. The van der Waals surface area contributed by atoms with Gasteiger partial charge >= 0.3 is 0 Å². The number of carbonyl (C=O) groups excluding carboxylic acids is 1. The third-order valence-electron chi connectivity index (χ3n) is 3.31. The van der Waals surface area contributed by atoms with E-state index >= 15 is 0 Å². The zero-order chi connectivity index (χ0) is 17.1. The third-order valence-corrected chi connectivity index (χ3v) is 4.95.